The lowest BCUT2D eigenvalue weighted by Crippen LogP contribution is -2.32. The predicted octanol–water partition coefficient (Wildman–Crippen LogP) is 7.05. The molecule has 0 N–H and O–H groups in total. The minimum Gasteiger partial charge on any atom is -0.483 e. The Morgan fingerprint density at radius 1 is 0.565 bits per heavy atom. The predicted molar refractivity (Wildman–Crippen MR) is 174 cm³/mol. The summed E-state index contributed by atoms with van der Waals surface area (Å²) < 4.78 is 27.7. The van der Waals surface area contributed by atoms with Gasteiger partial charge in [0.05, 0.1) is 5.92 Å². The monoisotopic (exact) mass is 626 g/mol. The molecule has 3 rings (SSSR count). The normalized spacial score (nSPS) is 11.2. The van der Waals surface area contributed by atoms with Crippen molar-refractivity contribution in [2.24, 2.45) is 5.92 Å². The average molecular weight is 627 g/mol. The van der Waals surface area contributed by atoms with Gasteiger partial charge in [-0.1, -0.05) is 57.8 Å². The molecule has 0 radical (unpaired) electrons. The lowest BCUT2D eigenvalue weighted by Gasteiger charge is -2.21. The molecule has 9 nitrogen and oxygen atoms in total. The summed E-state index contributed by atoms with van der Waals surface area (Å²) in [6.45, 7) is 18.5. The molecule has 0 saturated heterocycles. The maximum absolute atomic E-state index is 12.2. The molecule has 3 aromatic rings. The van der Waals surface area contributed by atoms with Crippen LogP contribution in [0.5, 0.6) is 17.2 Å². The number of ether oxygens (including phenoxy) is 5. The summed E-state index contributed by atoms with van der Waals surface area (Å²) in [5, 5.41) is 0. The molecule has 0 aliphatic heterocycles. The summed E-state index contributed by atoms with van der Waals surface area (Å²) in [5.74, 6) is -1.32. The van der Waals surface area contributed by atoms with Crippen molar-refractivity contribution in [3.63, 3.8) is 0 Å². The number of benzene rings is 3. The maximum Gasteiger partial charge on any atom is 0.338 e. The first-order valence-corrected chi connectivity index (χ1v) is 14.5. The second kappa shape index (κ2) is 16.0. The first-order valence-electron chi connectivity index (χ1n) is 14.5. The van der Waals surface area contributed by atoms with Crippen LogP contribution in [0.2, 0.25) is 0 Å². The summed E-state index contributed by atoms with van der Waals surface area (Å²) in [5.41, 5.74) is 3.84. The van der Waals surface area contributed by atoms with Crippen LogP contribution in [0.15, 0.2) is 103 Å². The lowest BCUT2D eigenvalue weighted by atomic mass is 9.98. The van der Waals surface area contributed by atoms with E-state index in [1.807, 2.05) is 6.07 Å². The van der Waals surface area contributed by atoms with Crippen LogP contribution in [0.4, 0.5) is 0 Å². The SMILES string of the molecule is C=C(C)C(=O)OCC(COC(=O)C(C)C)Oc1cc(-c2ccc(OC(=O)C(=C)C)cc2)cc(-c2ccc(OC(=O)C(=C)C)cc2)c1. The van der Waals surface area contributed by atoms with Gasteiger partial charge in [-0.15, -0.1) is 0 Å². The van der Waals surface area contributed by atoms with Gasteiger partial charge in [-0.2, -0.15) is 0 Å². The molecular formula is C37H38O9. The Morgan fingerprint density at radius 3 is 1.37 bits per heavy atom. The fourth-order valence-electron chi connectivity index (χ4n) is 3.76. The van der Waals surface area contributed by atoms with Gasteiger partial charge in [0.15, 0.2) is 6.10 Å². The van der Waals surface area contributed by atoms with E-state index >= 15 is 0 Å². The zero-order valence-corrected chi connectivity index (χ0v) is 26.7. The molecular weight excluding hydrogens is 588 g/mol. The van der Waals surface area contributed by atoms with Crippen molar-refractivity contribution in [3.8, 4) is 39.5 Å². The van der Waals surface area contributed by atoms with Crippen LogP contribution in [-0.4, -0.2) is 43.2 Å². The highest BCUT2D eigenvalue weighted by atomic mass is 16.6. The highest BCUT2D eigenvalue weighted by Crippen LogP contribution is 2.34. The van der Waals surface area contributed by atoms with Crippen molar-refractivity contribution in [3.05, 3.63) is 103 Å². The summed E-state index contributed by atoms with van der Waals surface area (Å²) >= 11 is 0. The minimum atomic E-state index is -0.832. The summed E-state index contributed by atoms with van der Waals surface area (Å²) in [6.07, 6.45) is -0.832. The van der Waals surface area contributed by atoms with Gasteiger partial charge in [0.25, 0.3) is 0 Å². The maximum atomic E-state index is 12.2. The molecule has 0 saturated carbocycles. The lowest BCUT2D eigenvalue weighted by molar-refractivity contribution is -0.152. The number of carbonyl (C=O) groups is 4. The summed E-state index contributed by atoms with van der Waals surface area (Å²) in [7, 11) is 0. The molecule has 240 valence electrons. The molecule has 9 heteroatoms. The number of rotatable bonds is 14. The Labute approximate surface area is 269 Å². The second-order valence-electron chi connectivity index (χ2n) is 11.0. The molecule has 0 fully saturated rings. The van der Waals surface area contributed by atoms with Crippen LogP contribution in [0, 0.1) is 5.92 Å². The van der Waals surface area contributed by atoms with E-state index in [-0.39, 0.29) is 35.9 Å². The van der Waals surface area contributed by atoms with Gasteiger partial charge >= 0.3 is 23.9 Å². The standard InChI is InChI=1S/C37H38O9/c1-22(2)34(38)42-20-33(21-43-35(39)23(3)4)44-32-18-28(26-9-13-30(14-10-26)45-36(40)24(5)6)17-29(19-32)27-11-15-31(16-12-27)46-37(41)25(7)8/h9-19,23,33H,1,5,7,20-21H2,2-4,6,8H3. The average Bonchev–Trinajstić information content (AvgIpc) is 3.02. The fraction of sp³-hybridized carbons (Fsp3) is 0.243. The van der Waals surface area contributed by atoms with Crippen LogP contribution in [-0.2, 0) is 28.7 Å². The third-order valence-corrected chi connectivity index (χ3v) is 6.33. The van der Waals surface area contributed by atoms with E-state index in [2.05, 4.69) is 19.7 Å². The summed E-state index contributed by atoms with van der Waals surface area (Å²) in [6, 6.07) is 19.4. The smallest absolute Gasteiger partial charge is 0.338 e. The number of esters is 4. The molecule has 0 aliphatic carbocycles. The molecule has 3 aromatic carbocycles. The number of hydrogen-bond acceptors (Lipinski definition) is 9. The van der Waals surface area contributed by atoms with Crippen molar-refractivity contribution in [1.29, 1.82) is 0 Å². The van der Waals surface area contributed by atoms with Crippen LogP contribution in [0.3, 0.4) is 0 Å². The second-order valence-corrected chi connectivity index (χ2v) is 11.0. The Bertz CT molecular complexity index is 1540. The van der Waals surface area contributed by atoms with E-state index in [1.54, 1.807) is 88.4 Å². The Morgan fingerprint density at radius 2 is 0.978 bits per heavy atom. The van der Waals surface area contributed by atoms with Gasteiger partial charge < -0.3 is 23.7 Å². The van der Waals surface area contributed by atoms with E-state index < -0.39 is 30.0 Å². The first kappa shape index (κ1) is 35.0. The fourth-order valence-corrected chi connectivity index (χ4v) is 3.76. The molecule has 0 aromatic heterocycles. The Kier molecular flexibility index (Phi) is 12.2. The minimum absolute atomic E-state index is 0.161. The van der Waals surface area contributed by atoms with Crippen LogP contribution in [0.1, 0.15) is 34.6 Å². The van der Waals surface area contributed by atoms with Crippen molar-refractivity contribution < 1.29 is 42.9 Å². The quantitative estimate of drug-likeness (QED) is 0.105. The highest BCUT2D eigenvalue weighted by molar-refractivity contribution is 5.89. The molecule has 0 amide bonds. The highest BCUT2D eigenvalue weighted by Gasteiger charge is 2.20. The largest absolute Gasteiger partial charge is 0.483 e. The van der Waals surface area contributed by atoms with Crippen molar-refractivity contribution in [2.75, 3.05) is 13.2 Å². The van der Waals surface area contributed by atoms with Gasteiger partial charge in [-0.25, -0.2) is 14.4 Å². The van der Waals surface area contributed by atoms with E-state index in [9.17, 15) is 19.2 Å². The summed E-state index contributed by atoms with van der Waals surface area (Å²) in [4.78, 5) is 48.3. The topological polar surface area (TPSA) is 114 Å². The van der Waals surface area contributed by atoms with E-state index in [0.29, 0.717) is 17.2 Å². The van der Waals surface area contributed by atoms with Gasteiger partial charge in [-0.3, -0.25) is 4.79 Å². The van der Waals surface area contributed by atoms with Gasteiger partial charge in [0.1, 0.15) is 30.5 Å². The number of carbonyl (C=O) groups excluding carboxylic acids is 4. The molecule has 0 heterocycles. The Balaban J connectivity index is 2.00. The van der Waals surface area contributed by atoms with E-state index in [1.165, 1.54) is 6.92 Å². The zero-order chi connectivity index (χ0) is 34.0. The first-order chi connectivity index (χ1) is 21.7. The van der Waals surface area contributed by atoms with Gasteiger partial charge in [0.2, 0.25) is 0 Å². The van der Waals surface area contributed by atoms with Gasteiger partial charge in [-0.05, 0) is 85.5 Å². The van der Waals surface area contributed by atoms with Crippen LogP contribution in [0.25, 0.3) is 22.3 Å². The molecule has 1 atom stereocenters. The van der Waals surface area contributed by atoms with E-state index in [4.69, 9.17) is 23.7 Å². The van der Waals surface area contributed by atoms with Crippen molar-refractivity contribution in [1.82, 2.24) is 0 Å². The molecule has 0 bridgehead atoms. The molecule has 46 heavy (non-hydrogen) atoms. The Hall–Kier alpha value is -5.44. The van der Waals surface area contributed by atoms with Crippen LogP contribution >= 0.6 is 0 Å². The third-order valence-electron chi connectivity index (χ3n) is 6.33. The van der Waals surface area contributed by atoms with Crippen molar-refractivity contribution >= 4 is 23.9 Å². The molecule has 1 unspecified atom stereocenters. The van der Waals surface area contributed by atoms with Gasteiger partial charge in [0, 0.05) is 16.7 Å². The third kappa shape index (κ3) is 10.3. The van der Waals surface area contributed by atoms with E-state index in [0.717, 1.165) is 22.3 Å². The van der Waals surface area contributed by atoms with Crippen LogP contribution < -0.4 is 14.2 Å². The zero-order valence-electron chi connectivity index (χ0n) is 26.7. The molecule has 0 spiro atoms. The molecule has 0 aliphatic rings. The number of hydrogen-bond donors (Lipinski definition) is 0. The van der Waals surface area contributed by atoms with Crippen molar-refractivity contribution in [2.45, 2.75) is 40.7 Å².